The number of nitrogens with zero attached hydrogens (tertiary/aromatic N) is 4. The lowest BCUT2D eigenvalue weighted by Crippen LogP contribution is -2.56. The van der Waals surface area contributed by atoms with Crippen LogP contribution < -0.4 is 10.6 Å². The Balaban J connectivity index is 1.49. The number of urea groups is 1. The van der Waals surface area contributed by atoms with Crippen LogP contribution in [0.15, 0.2) is 36.9 Å². The van der Waals surface area contributed by atoms with Crippen molar-refractivity contribution in [2.75, 3.05) is 32.8 Å². The maximum atomic E-state index is 12.3. The molecular weight excluding hydrogens is 344 g/mol. The molecule has 2 N–H and O–H groups in total. The molecule has 0 aliphatic carbocycles. The van der Waals surface area contributed by atoms with Gasteiger partial charge in [0.25, 0.3) is 0 Å². The first-order chi connectivity index (χ1) is 13.0. The number of hydrogen-bond acceptors (Lipinski definition) is 5. The van der Waals surface area contributed by atoms with E-state index in [1.54, 1.807) is 11.0 Å². The molecule has 1 saturated heterocycles. The number of ether oxygens (including phenoxy) is 1. The molecule has 1 aliphatic heterocycles. The second-order valence-corrected chi connectivity index (χ2v) is 7.39. The van der Waals surface area contributed by atoms with Crippen molar-refractivity contribution >= 4 is 6.03 Å². The molecule has 146 valence electrons. The van der Waals surface area contributed by atoms with E-state index in [2.05, 4.69) is 39.5 Å². The molecule has 0 bridgehead atoms. The van der Waals surface area contributed by atoms with E-state index in [1.165, 1.54) is 6.33 Å². The highest BCUT2D eigenvalue weighted by Gasteiger charge is 2.28. The molecule has 0 spiro atoms. The van der Waals surface area contributed by atoms with Crippen LogP contribution in [0.3, 0.4) is 0 Å². The lowest BCUT2D eigenvalue weighted by Gasteiger charge is -2.40. The molecule has 2 heterocycles. The lowest BCUT2D eigenvalue weighted by atomic mass is 10.0. The smallest absolute Gasteiger partial charge is 0.315 e. The van der Waals surface area contributed by atoms with E-state index in [9.17, 15) is 4.79 Å². The van der Waals surface area contributed by atoms with E-state index in [-0.39, 0.29) is 17.6 Å². The summed E-state index contributed by atoms with van der Waals surface area (Å²) in [4.78, 5) is 18.6. The van der Waals surface area contributed by atoms with Gasteiger partial charge in [-0.15, -0.1) is 0 Å². The van der Waals surface area contributed by atoms with Gasteiger partial charge in [0.1, 0.15) is 12.7 Å². The Morgan fingerprint density at radius 2 is 1.96 bits per heavy atom. The molecule has 8 nitrogen and oxygen atoms in total. The van der Waals surface area contributed by atoms with Crippen molar-refractivity contribution in [3.63, 3.8) is 0 Å². The molecule has 1 fully saturated rings. The average Bonchev–Trinajstić information content (AvgIpc) is 3.22. The Hall–Kier alpha value is -2.45. The van der Waals surface area contributed by atoms with E-state index in [0.717, 1.165) is 37.6 Å². The van der Waals surface area contributed by atoms with Crippen LogP contribution >= 0.6 is 0 Å². The Bertz CT molecular complexity index is 723. The first-order valence-electron chi connectivity index (χ1n) is 9.28. The molecule has 0 radical (unpaired) electrons. The minimum atomic E-state index is -0.163. The molecule has 27 heavy (non-hydrogen) atoms. The second kappa shape index (κ2) is 8.49. The Labute approximate surface area is 159 Å². The lowest BCUT2D eigenvalue weighted by molar-refractivity contribution is -0.00876. The number of carbonyl (C=O) groups is 1. The molecular formula is C19H28N6O2. The summed E-state index contributed by atoms with van der Waals surface area (Å²) in [6, 6.07) is 7.63. The molecule has 1 atom stereocenters. The Morgan fingerprint density at radius 3 is 2.59 bits per heavy atom. The quantitative estimate of drug-likeness (QED) is 0.807. The van der Waals surface area contributed by atoms with Gasteiger partial charge in [-0.25, -0.2) is 14.5 Å². The summed E-state index contributed by atoms with van der Waals surface area (Å²) in [7, 11) is 0. The monoisotopic (exact) mass is 372 g/mol. The number of morpholine rings is 1. The number of benzene rings is 1. The third kappa shape index (κ3) is 5.05. The third-order valence-corrected chi connectivity index (χ3v) is 4.97. The normalized spacial score (nSPS) is 16.7. The van der Waals surface area contributed by atoms with Crippen molar-refractivity contribution in [3.8, 4) is 5.69 Å². The number of carbonyl (C=O) groups excluding carboxylic acids is 1. The summed E-state index contributed by atoms with van der Waals surface area (Å²) in [5.41, 5.74) is 1.85. The van der Waals surface area contributed by atoms with E-state index in [4.69, 9.17) is 4.74 Å². The summed E-state index contributed by atoms with van der Waals surface area (Å²) < 4.78 is 7.10. The summed E-state index contributed by atoms with van der Waals surface area (Å²) in [5.74, 6) is 0. The number of aromatic nitrogens is 3. The topological polar surface area (TPSA) is 84.3 Å². The maximum Gasteiger partial charge on any atom is 0.315 e. The van der Waals surface area contributed by atoms with Gasteiger partial charge in [0.15, 0.2) is 0 Å². The average molecular weight is 372 g/mol. The van der Waals surface area contributed by atoms with Crippen LogP contribution in [0, 0.1) is 0 Å². The highest BCUT2D eigenvalue weighted by Crippen LogP contribution is 2.16. The predicted molar refractivity (Wildman–Crippen MR) is 103 cm³/mol. The molecule has 2 aromatic rings. The van der Waals surface area contributed by atoms with E-state index >= 15 is 0 Å². The molecule has 1 aromatic carbocycles. The Kier molecular flexibility index (Phi) is 6.08. The van der Waals surface area contributed by atoms with Crippen molar-refractivity contribution in [2.45, 2.75) is 32.4 Å². The molecule has 1 aliphatic rings. The Morgan fingerprint density at radius 1 is 1.26 bits per heavy atom. The zero-order valence-corrected chi connectivity index (χ0v) is 16.2. The fraction of sp³-hybridized carbons (Fsp3) is 0.526. The van der Waals surface area contributed by atoms with Gasteiger partial charge in [-0.3, -0.25) is 4.90 Å². The highest BCUT2D eigenvalue weighted by molar-refractivity contribution is 5.74. The molecule has 1 unspecified atom stereocenters. The number of hydrogen-bond donors (Lipinski definition) is 2. The van der Waals surface area contributed by atoms with Crippen LogP contribution in [-0.2, 0) is 4.74 Å². The van der Waals surface area contributed by atoms with Gasteiger partial charge in [-0.05, 0) is 38.5 Å². The van der Waals surface area contributed by atoms with E-state index in [1.807, 2.05) is 31.2 Å². The number of amides is 2. The van der Waals surface area contributed by atoms with Gasteiger partial charge < -0.3 is 15.4 Å². The first-order valence-corrected chi connectivity index (χ1v) is 9.28. The third-order valence-electron chi connectivity index (χ3n) is 4.97. The standard InChI is InChI=1S/C19H28N6O2/c1-15(16-4-6-17(7-5-16)25-14-20-13-22-25)23-18(26)21-12-19(2,3)24-8-10-27-11-9-24/h4-7,13-15H,8-12H2,1-3H3,(H2,21,23,26). The van der Waals surface area contributed by atoms with Crippen molar-refractivity contribution in [1.82, 2.24) is 30.3 Å². The largest absolute Gasteiger partial charge is 0.379 e. The van der Waals surface area contributed by atoms with Gasteiger partial charge >= 0.3 is 6.03 Å². The first kappa shape index (κ1) is 19.3. The van der Waals surface area contributed by atoms with Crippen LogP contribution in [-0.4, -0.2) is 64.1 Å². The van der Waals surface area contributed by atoms with Crippen molar-refractivity contribution in [1.29, 1.82) is 0 Å². The van der Waals surface area contributed by atoms with E-state index < -0.39 is 0 Å². The zero-order valence-electron chi connectivity index (χ0n) is 16.2. The molecule has 0 saturated carbocycles. The minimum absolute atomic E-state index is 0.0960. The minimum Gasteiger partial charge on any atom is -0.379 e. The van der Waals surface area contributed by atoms with Crippen LogP contribution in [0.2, 0.25) is 0 Å². The highest BCUT2D eigenvalue weighted by atomic mass is 16.5. The van der Waals surface area contributed by atoms with Gasteiger partial charge in [0.05, 0.1) is 24.9 Å². The van der Waals surface area contributed by atoms with Gasteiger partial charge in [0.2, 0.25) is 0 Å². The summed E-state index contributed by atoms with van der Waals surface area (Å²) in [6.45, 7) is 10.1. The van der Waals surface area contributed by atoms with Crippen LogP contribution in [0.5, 0.6) is 0 Å². The second-order valence-electron chi connectivity index (χ2n) is 7.39. The van der Waals surface area contributed by atoms with Crippen LogP contribution in [0.25, 0.3) is 5.69 Å². The van der Waals surface area contributed by atoms with Crippen molar-refractivity contribution in [3.05, 3.63) is 42.5 Å². The maximum absolute atomic E-state index is 12.3. The molecule has 8 heteroatoms. The zero-order chi connectivity index (χ0) is 19.3. The van der Waals surface area contributed by atoms with E-state index in [0.29, 0.717) is 6.54 Å². The molecule has 3 rings (SSSR count). The number of nitrogens with one attached hydrogen (secondary N) is 2. The fourth-order valence-corrected chi connectivity index (χ4v) is 3.17. The summed E-state index contributed by atoms with van der Waals surface area (Å²) in [6.07, 6.45) is 3.15. The van der Waals surface area contributed by atoms with Crippen LogP contribution in [0.4, 0.5) is 4.79 Å². The van der Waals surface area contributed by atoms with Gasteiger partial charge in [-0.1, -0.05) is 12.1 Å². The summed E-state index contributed by atoms with van der Waals surface area (Å²) in [5, 5.41) is 10.1. The summed E-state index contributed by atoms with van der Waals surface area (Å²) >= 11 is 0. The van der Waals surface area contributed by atoms with Gasteiger partial charge in [0, 0.05) is 25.2 Å². The predicted octanol–water partition coefficient (Wildman–Crippen LogP) is 1.74. The van der Waals surface area contributed by atoms with Crippen molar-refractivity contribution in [2.24, 2.45) is 0 Å². The fourth-order valence-electron chi connectivity index (χ4n) is 3.17. The number of rotatable bonds is 6. The van der Waals surface area contributed by atoms with Gasteiger partial charge in [-0.2, -0.15) is 5.10 Å². The van der Waals surface area contributed by atoms with Crippen LogP contribution in [0.1, 0.15) is 32.4 Å². The molecule has 2 amide bonds. The molecule has 1 aromatic heterocycles. The van der Waals surface area contributed by atoms with Crippen molar-refractivity contribution < 1.29 is 9.53 Å². The SMILES string of the molecule is CC(NC(=O)NCC(C)(C)N1CCOCC1)c1ccc(-n2cncn2)cc1.